The minimum absolute atomic E-state index is 0.261. The van der Waals surface area contributed by atoms with Gasteiger partial charge in [-0.3, -0.25) is 0 Å². The maximum atomic E-state index is 13.5. The molecule has 0 aliphatic carbocycles. The summed E-state index contributed by atoms with van der Waals surface area (Å²) in [6.07, 6.45) is 0. The van der Waals surface area contributed by atoms with Crippen molar-refractivity contribution >= 4 is 5.69 Å². The number of anilines is 1. The van der Waals surface area contributed by atoms with Gasteiger partial charge in [0.1, 0.15) is 0 Å². The Balaban J connectivity index is 2.05. The molecular formula is C16H18FNO. The highest BCUT2D eigenvalue weighted by Crippen LogP contribution is 2.21. The van der Waals surface area contributed by atoms with Crippen molar-refractivity contribution in [2.45, 2.75) is 20.4 Å². The molecule has 1 N–H and O–H groups in total. The van der Waals surface area contributed by atoms with Gasteiger partial charge in [0.15, 0.2) is 11.6 Å². The first-order valence-corrected chi connectivity index (χ1v) is 6.23. The number of methoxy groups -OCH3 is 1. The maximum Gasteiger partial charge on any atom is 0.167 e. The summed E-state index contributed by atoms with van der Waals surface area (Å²) in [4.78, 5) is 0. The molecule has 3 heteroatoms. The van der Waals surface area contributed by atoms with E-state index >= 15 is 0 Å². The molecule has 0 fully saturated rings. The lowest BCUT2D eigenvalue weighted by atomic mass is 10.1. The van der Waals surface area contributed by atoms with Crippen LogP contribution in [0.5, 0.6) is 5.75 Å². The first-order chi connectivity index (χ1) is 9.10. The lowest BCUT2D eigenvalue weighted by Crippen LogP contribution is -2.01. The number of nitrogens with one attached hydrogen (secondary N) is 1. The van der Waals surface area contributed by atoms with Gasteiger partial charge in [0.2, 0.25) is 0 Å². The van der Waals surface area contributed by atoms with Gasteiger partial charge >= 0.3 is 0 Å². The number of hydrogen-bond acceptors (Lipinski definition) is 2. The van der Waals surface area contributed by atoms with E-state index in [0.29, 0.717) is 6.54 Å². The van der Waals surface area contributed by atoms with E-state index < -0.39 is 0 Å². The summed E-state index contributed by atoms with van der Waals surface area (Å²) in [5.74, 6) is -0.0932. The molecule has 0 unspecified atom stereocenters. The molecule has 0 amide bonds. The summed E-state index contributed by atoms with van der Waals surface area (Å²) < 4.78 is 18.4. The number of hydrogen-bond donors (Lipinski definition) is 1. The van der Waals surface area contributed by atoms with Crippen molar-refractivity contribution in [1.29, 1.82) is 0 Å². The second kappa shape index (κ2) is 5.74. The molecule has 2 nitrogen and oxygen atoms in total. The molecule has 2 aromatic carbocycles. The van der Waals surface area contributed by atoms with Crippen molar-refractivity contribution in [3.63, 3.8) is 0 Å². The predicted octanol–water partition coefficient (Wildman–Crippen LogP) is 4.06. The Morgan fingerprint density at radius 1 is 1.05 bits per heavy atom. The fourth-order valence-electron chi connectivity index (χ4n) is 1.89. The van der Waals surface area contributed by atoms with Crippen LogP contribution in [-0.4, -0.2) is 7.11 Å². The fourth-order valence-corrected chi connectivity index (χ4v) is 1.89. The molecule has 0 spiro atoms. The van der Waals surface area contributed by atoms with E-state index in [2.05, 4.69) is 37.4 Å². The molecule has 2 rings (SSSR count). The summed E-state index contributed by atoms with van der Waals surface area (Å²) in [6, 6.07) is 11.2. The van der Waals surface area contributed by atoms with Gasteiger partial charge in [0.25, 0.3) is 0 Å². The quantitative estimate of drug-likeness (QED) is 0.894. The number of benzene rings is 2. The van der Waals surface area contributed by atoms with E-state index in [0.717, 1.165) is 5.69 Å². The van der Waals surface area contributed by atoms with Crippen LogP contribution in [0.4, 0.5) is 10.1 Å². The monoisotopic (exact) mass is 259 g/mol. The summed E-state index contributed by atoms with van der Waals surface area (Å²) >= 11 is 0. The smallest absolute Gasteiger partial charge is 0.167 e. The third-order valence-corrected chi connectivity index (χ3v) is 3.22. The minimum Gasteiger partial charge on any atom is -0.494 e. The van der Waals surface area contributed by atoms with Crippen LogP contribution in [0.2, 0.25) is 0 Å². The zero-order valence-electron chi connectivity index (χ0n) is 11.5. The first kappa shape index (κ1) is 13.4. The summed E-state index contributed by atoms with van der Waals surface area (Å²) in [5, 5.41) is 3.20. The SMILES string of the molecule is COc1ccc(NCc2ccc(C)c(C)c2)cc1F. The molecule has 2 aromatic rings. The van der Waals surface area contributed by atoms with E-state index in [1.165, 1.54) is 29.9 Å². The Kier molecular flexibility index (Phi) is 4.05. The molecule has 0 radical (unpaired) electrons. The standard InChI is InChI=1S/C16H18FNO/c1-11-4-5-13(8-12(11)2)10-18-14-6-7-16(19-3)15(17)9-14/h4-9,18H,10H2,1-3H3. The summed E-state index contributed by atoms with van der Waals surface area (Å²) in [6.45, 7) is 4.85. The van der Waals surface area contributed by atoms with Gasteiger partial charge in [-0.15, -0.1) is 0 Å². The molecule has 0 aliphatic rings. The average molecular weight is 259 g/mol. The lowest BCUT2D eigenvalue weighted by molar-refractivity contribution is 0.386. The van der Waals surface area contributed by atoms with Gasteiger partial charge in [0.05, 0.1) is 7.11 Å². The first-order valence-electron chi connectivity index (χ1n) is 6.23. The van der Waals surface area contributed by atoms with Crippen molar-refractivity contribution in [2.75, 3.05) is 12.4 Å². The molecule has 0 saturated carbocycles. The molecule has 0 aromatic heterocycles. The largest absolute Gasteiger partial charge is 0.494 e. The molecule has 19 heavy (non-hydrogen) atoms. The zero-order valence-corrected chi connectivity index (χ0v) is 11.5. The highest BCUT2D eigenvalue weighted by atomic mass is 19.1. The number of aryl methyl sites for hydroxylation is 2. The second-order valence-electron chi connectivity index (χ2n) is 4.62. The normalized spacial score (nSPS) is 10.3. The van der Waals surface area contributed by atoms with Crippen LogP contribution in [0.25, 0.3) is 0 Å². The van der Waals surface area contributed by atoms with Crippen molar-refractivity contribution in [3.05, 3.63) is 58.9 Å². The lowest BCUT2D eigenvalue weighted by Gasteiger charge is -2.10. The number of halogens is 1. The third kappa shape index (κ3) is 3.25. The van der Waals surface area contributed by atoms with E-state index in [1.54, 1.807) is 6.07 Å². The predicted molar refractivity (Wildman–Crippen MR) is 76.2 cm³/mol. The second-order valence-corrected chi connectivity index (χ2v) is 4.62. The van der Waals surface area contributed by atoms with Crippen LogP contribution < -0.4 is 10.1 Å². The van der Waals surface area contributed by atoms with Crippen LogP contribution in [0.15, 0.2) is 36.4 Å². The van der Waals surface area contributed by atoms with Gasteiger partial charge in [-0.05, 0) is 42.7 Å². The highest BCUT2D eigenvalue weighted by Gasteiger charge is 2.03. The Bertz CT molecular complexity index is 581. The van der Waals surface area contributed by atoms with Crippen molar-refractivity contribution in [1.82, 2.24) is 0 Å². The molecule has 0 saturated heterocycles. The van der Waals surface area contributed by atoms with Crippen molar-refractivity contribution in [3.8, 4) is 5.75 Å². The molecule has 0 bridgehead atoms. The van der Waals surface area contributed by atoms with Crippen LogP contribution >= 0.6 is 0 Å². The van der Waals surface area contributed by atoms with Crippen LogP contribution in [-0.2, 0) is 6.54 Å². The number of ether oxygens (including phenoxy) is 1. The highest BCUT2D eigenvalue weighted by molar-refractivity contribution is 5.48. The molecular weight excluding hydrogens is 241 g/mol. The van der Waals surface area contributed by atoms with Gasteiger partial charge < -0.3 is 10.1 Å². The van der Waals surface area contributed by atoms with Crippen molar-refractivity contribution < 1.29 is 9.13 Å². The molecule has 0 heterocycles. The summed E-state index contributed by atoms with van der Waals surface area (Å²) in [5.41, 5.74) is 4.47. The maximum absolute atomic E-state index is 13.5. The van der Waals surface area contributed by atoms with Crippen molar-refractivity contribution in [2.24, 2.45) is 0 Å². The van der Waals surface area contributed by atoms with Crippen LogP contribution in [0.1, 0.15) is 16.7 Å². The van der Waals surface area contributed by atoms with Crippen LogP contribution in [0.3, 0.4) is 0 Å². The van der Waals surface area contributed by atoms with Gasteiger partial charge in [0, 0.05) is 18.3 Å². The van der Waals surface area contributed by atoms with E-state index in [9.17, 15) is 4.39 Å². The van der Waals surface area contributed by atoms with Crippen LogP contribution in [0, 0.1) is 19.7 Å². The van der Waals surface area contributed by atoms with Gasteiger partial charge in [-0.25, -0.2) is 4.39 Å². The van der Waals surface area contributed by atoms with Gasteiger partial charge in [-0.1, -0.05) is 18.2 Å². The van der Waals surface area contributed by atoms with E-state index in [4.69, 9.17) is 4.74 Å². The Hall–Kier alpha value is -2.03. The average Bonchev–Trinajstić information content (AvgIpc) is 2.40. The van der Waals surface area contributed by atoms with E-state index in [1.807, 2.05) is 6.07 Å². The third-order valence-electron chi connectivity index (χ3n) is 3.22. The fraction of sp³-hybridized carbons (Fsp3) is 0.250. The number of rotatable bonds is 4. The summed E-state index contributed by atoms with van der Waals surface area (Å²) in [7, 11) is 1.46. The zero-order chi connectivity index (χ0) is 13.8. The van der Waals surface area contributed by atoms with Gasteiger partial charge in [-0.2, -0.15) is 0 Å². The Morgan fingerprint density at radius 2 is 1.84 bits per heavy atom. The molecule has 100 valence electrons. The molecule has 0 atom stereocenters. The minimum atomic E-state index is -0.354. The topological polar surface area (TPSA) is 21.3 Å². The molecule has 0 aliphatic heterocycles. The Morgan fingerprint density at radius 3 is 2.47 bits per heavy atom. The van der Waals surface area contributed by atoms with E-state index in [-0.39, 0.29) is 11.6 Å². The Labute approximate surface area is 113 Å².